The summed E-state index contributed by atoms with van der Waals surface area (Å²) in [6, 6.07) is 11.9. The smallest absolute Gasteiger partial charge is 0.326 e. The molecule has 0 aliphatic heterocycles. The molecule has 33 heavy (non-hydrogen) atoms. The first kappa shape index (κ1) is 27.0. The third kappa shape index (κ3) is 8.54. The molecule has 2 aromatic rings. The fraction of sp³-hybridized carbons (Fsp3) is 0.440. The number of nitrogens with one attached hydrogen (secondary N) is 2. The Morgan fingerprint density at radius 1 is 1.00 bits per heavy atom. The summed E-state index contributed by atoms with van der Waals surface area (Å²) in [5.74, 6) is -0.878. The van der Waals surface area contributed by atoms with Crippen LogP contribution in [0.4, 0.5) is 11.4 Å². The highest BCUT2D eigenvalue weighted by Gasteiger charge is 2.29. The van der Waals surface area contributed by atoms with Crippen LogP contribution in [-0.2, 0) is 25.5 Å². The molecule has 0 amide bonds. The van der Waals surface area contributed by atoms with Crippen LogP contribution in [0.2, 0.25) is 10.0 Å². The Hall–Kier alpha value is -2.28. The molecule has 2 unspecified atom stereocenters. The molecule has 0 spiro atoms. The van der Waals surface area contributed by atoms with Gasteiger partial charge in [0.25, 0.3) is 0 Å². The largest absolute Gasteiger partial charge is 0.465 e. The first-order valence-corrected chi connectivity index (χ1v) is 12.0. The number of benzene rings is 2. The molecule has 2 N–H and O–H groups in total. The van der Waals surface area contributed by atoms with Crippen LogP contribution in [0.3, 0.4) is 0 Å². The number of anilines is 2. The normalized spacial score (nSPS) is 12.6. The van der Waals surface area contributed by atoms with Gasteiger partial charge in [0.05, 0.1) is 28.8 Å². The van der Waals surface area contributed by atoms with Crippen LogP contribution >= 0.6 is 23.2 Å². The maximum atomic E-state index is 12.7. The van der Waals surface area contributed by atoms with E-state index in [1.54, 1.807) is 32.0 Å². The zero-order valence-corrected chi connectivity index (χ0v) is 20.8. The van der Waals surface area contributed by atoms with E-state index in [1.807, 2.05) is 24.3 Å². The Labute approximate surface area is 205 Å². The minimum absolute atomic E-state index is 0.0148. The zero-order valence-electron chi connectivity index (χ0n) is 19.3. The van der Waals surface area contributed by atoms with Gasteiger partial charge in [-0.05, 0) is 50.6 Å². The van der Waals surface area contributed by atoms with Crippen LogP contribution in [0.25, 0.3) is 0 Å². The Kier molecular flexibility index (Phi) is 11.5. The van der Waals surface area contributed by atoms with Crippen molar-refractivity contribution in [2.45, 2.75) is 58.6 Å². The fourth-order valence-corrected chi connectivity index (χ4v) is 3.82. The standard InChI is InChI=1S/C25H32Cl2N2O4/c1-4-6-9-15-28-23(25(31)32-5-2)17(3)33-22(30)16-18-11-7-8-14-21(18)29-24-19(26)12-10-13-20(24)27/h7-8,10-14,17,23,28-29H,4-6,9,15-16H2,1-3H3. The monoisotopic (exact) mass is 494 g/mol. The molecule has 2 rings (SSSR count). The molecule has 0 saturated carbocycles. The number of carbonyl (C=O) groups is 2. The summed E-state index contributed by atoms with van der Waals surface area (Å²) in [6.45, 7) is 6.46. The van der Waals surface area contributed by atoms with Crippen molar-refractivity contribution in [3.05, 3.63) is 58.1 Å². The van der Waals surface area contributed by atoms with Gasteiger partial charge in [0.1, 0.15) is 12.1 Å². The third-order valence-corrected chi connectivity index (χ3v) is 5.68. The number of hydrogen-bond acceptors (Lipinski definition) is 6. The lowest BCUT2D eigenvalue weighted by Gasteiger charge is -2.24. The zero-order chi connectivity index (χ0) is 24.2. The van der Waals surface area contributed by atoms with Crippen molar-refractivity contribution in [2.24, 2.45) is 0 Å². The van der Waals surface area contributed by atoms with Gasteiger partial charge < -0.3 is 20.1 Å². The summed E-state index contributed by atoms with van der Waals surface area (Å²) in [6.07, 6.45) is 2.38. The summed E-state index contributed by atoms with van der Waals surface area (Å²) in [5.41, 5.74) is 1.97. The number of ether oxygens (including phenoxy) is 2. The van der Waals surface area contributed by atoms with Crippen LogP contribution in [0.1, 0.15) is 45.6 Å². The molecule has 0 heterocycles. The number of unbranched alkanes of at least 4 members (excludes halogenated alkanes) is 2. The summed E-state index contributed by atoms with van der Waals surface area (Å²) in [7, 11) is 0. The lowest BCUT2D eigenvalue weighted by molar-refractivity contribution is -0.156. The quantitative estimate of drug-likeness (QED) is 0.265. The van der Waals surface area contributed by atoms with Crippen molar-refractivity contribution < 1.29 is 19.1 Å². The number of esters is 2. The fourth-order valence-electron chi connectivity index (χ4n) is 3.33. The summed E-state index contributed by atoms with van der Waals surface area (Å²) >= 11 is 12.5. The van der Waals surface area contributed by atoms with Crippen LogP contribution in [-0.4, -0.2) is 37.2 Å². The molecule has 0 saturated heterocycles. The number of rotatable bonds is 13. The Balaban J connectivity index is 2.07. The molecular formula is C25H32Cl2N2O4. The Morgan fingerprint density at radius 3 is 2.36 bits per heavy atom. The van der Waals surface area contributed by atoms with E-state index >= 15 is 0 Å². The van der Waals surface area contributed by atoms with Crippen molar-refractivity contribution in [2.75, 3.05) is 18.5 Å². The average molecular weight is 495 g/mol. The molecule has 2 atom stereocenters. The van der Waals surface area contributed by atoms with Crippen molar-refractivity contribution in [1.29, 1.82) is 0 Å². The third-order valence-electron chi connectivity index (χ3n) is 5.05. The Bertz CT molecular complexity index is 903. The van der Waals surface area contributed by atoms with E-state index in [9.17, 15) is 9.59 Å². The van der Waals surface area contributed by atoms with E-state index in [0.29, 0.717) is 33.5 Å². The molecule has 8 heteroatoms. The van der Waals surface area contributed by atoms with Crippen molar-refractivity contribution in [1.82, 2.24) is 5.32 Å². The van der Waals surface area contributed by atoms with E-state index in [2.05, 4.69) is 17.6 Å². The molecule has 180 valence electrons. The van der Waals surface area contributed by atoms with E-state index in [-0.39, 0.29) is 13.0 Å². The highest BCUT2D eigenvalue weighted by molar-refractivity contribution is 6.39. The van der Waals surface area contributed by atoms with E-state index in [0.717, 1.165) is 19.3 Å². The van der Waals surface area contributed by atoms with Gasteiger partial charge in [-0.25, -0.2) is 0 Å². The van der Waals surface area contributed by atoms with Gasteiger partial charge in [-0.3, -0.25) is 9.59 Å². The van der Waals surface area contributed by atoms with Crippen LogP contribution in [0.5, 0.6) is 0 Å². The summed E-state index contributed by atoms with van der Waals surface area (Å²) in [4.78, 5) is 25.1. The van der Waals surface area contributed by atoms with Gasteiger partial charge in [-0.2, -0.15) is 0 Å². The molecule has 0 aliphatic carbocycles. The topological polar surface area (TPSA) is 76.7 Å². The second kappa shape index (κ2) is 14.1. The molecule has 0 aliphatic rings. The first-order valence-electron chi connectivity index (χ1n) is 11.3. The van der Waals surface area contributed by atoms with Gasteiger partial charge in [-0.15, -0.1) is 0 Å². The molecule has 6 nitrogen and oxygen atoms in total. The molecular weight excluding hydrogens is 463 g/mol. The SMILES string of the molecule is CCCCCNC(C(=O)OCC)C(C)OC(=O)Cc1ccccc1Nc1c(Cl)cccc1Cl. The van der Waals surface area contributed by atoms with E-state index in [1.165, 1.54) is 0 Å². The van der Waals surface area contributed by atoms with E-state index < -0.39 is 24.1 Å². The first-order chi connectivity index (χ1) is 15.9. The van der Waals surface area contributed by atoms with Gasteiger partial charge in [0.15, 0.2) is 0 Å². The number of para-hydroxylation sites is 2. The van der Waals surface area contributed by atoms with Gasteiger partial charge in [-0.1, -0.05) is 67.2 Å². The maximum absolute atomic E-state index is 12.7. The molecule has 0 bridgehead atoms. The van der Waals surface area contributed by atoms with E-state index in [4.69, 9.17) is 32.7 Å². The number of carbonyl (C=O) groups excluding carboxylic acids is 2. The van der Waals surface area contributed by atoms with Gasteiger partial charge in [0.2, 0.25) is 0 Å². The maximum Gasteiger partial charge on any atom is 0.326 e. The van der Waals surface area contributed by atoms with Crippen LogP contribution in [0, 0.1) is 0 Å². The number of halogens is 2. The second-order valence-corrected chi connectivity index (χ2v) is 8.46. The van der Waals surface area contributed by atoms with Crippen molar-refractivity contribution in [3.63, 3.8) is 0 Å². The highest BCUT2D eigenvalue weighted by Crippen LogP contribution is 2.33. The predicted molar refractivity (Wildman–Crippen MR) is 133 cm³/mol. The van der Waals surface area contributed by atoms with Crippen LogP contribution in [0.15, 0.2) is 42.5 Å². The minimum Gasteiger partial charge on any atom is -0.465 e. The molecule has 0 fully saturated rings. The lowest BCUT2D eigenvalue weighted by Crippen LogP contribution is -2.48. The lowest BCUT2D eigenvalue weighted by atomic mass is 10.1. The number of hydrogen-bond donors (Lipinski definition) is 2. The summed E-state index contributed by atoms with van der Waals surface area (Å²) < 4.78 is 10.8. The minimum atomic E-state index is -0.721. The highest BCUT2D eigenvalue weighted by atomic mass is 35.5. The second-order valence-electron chi connectivity index (χ2n) is 7.64. The van der Waals surface area contributed by atoms with Crippen molar-refractivity contribution >= 4 is 46.5 Å². The average Bonchev–Trinajstić information content (AvgIpc) is 2.77. The molecule has 0 aromatic heterocycles. The van der Waals surface area contributed by atoms with Gasteiger partial charge in [0, 0.05) is 5.69 Å². The van der Waals surface area contributed by atoms with Gasteiger partial charge >= 0.3 is 11.9 Å². The van der Waals surface area contributed by atoms with Crippen molar-refractivity contribution in [3.8, 4) is 0 Å². The molecule has 2 aromatic carbocycles. The summed E-state index contributed by atoms with van der Waals surface area (Å²) in [5, 5.41) is 7.32. The Morgan fingerprint density at radius 2 is 1.70 bits per heavy atom. The molecule has 0 radical (unpaired) electrons. The predicted octanol–water partition coefficient (Wildman–Crippen LogP) is 5.92. The van der Waals surface area contributed by atoms with Crippen LogP contribution < -0.4 is 10.6 Å².